The van der Waals surface area contributed by atoms with E-state index in [1.165, 1.54) is 16.2 Å². The lowest BCUT2D eigenvalue weighted by Gasteiger charge is -2.24. The molecule has 3 heteroatoms. The van der Waals surface area contributed by atoms with E-state index in [1.54, 1.807) is 7.11 Å². The number of methoxy groups -OCH3 is 1. The predicted octanol–water partition coefficient (Wildman–Crippen LogP) is 4.02. The van der Waals surface area contributed by atoms with Crippen molar-refractivity contribution >= 4 is 11.3 Å². The van der Waals surface area contributed by atoms with E-state index >= 15 is 0 Å². The molecule has 18 heavy (non-hydrogen) atoms. The third-order valence-electron chi connectivity index (χ3n) is 3.30. The first kappa shape index (κ1) is 15.7. The molecule has 0 saturated heterocycles. The predicted molar refractivity (Wildman–Crippen MR) is 80.4 cm³/mol. The molecule has 0 bridgehead atoms. The normalized spacial score (nSPS) is 14.7. The molecule has 1 aromatic rings. The standard InChI is InChI=1S/C15H27NOS/c1-5-10-16-15(12(3)9-11-17-4)14-8-7-13(6-2)18-14/h7-8,12,15-16H,5-6,9-11H2,1-4H3. The van der Waals surface area contributed by atoms with E-state index in [0.29, 0.717) is 12.0 Å². The molecule has 0 aliphatic rings. The summed E-state index contributed by atoms with van der Waals surface area (Å²) in [6.45, 7) is 8.69. The van der Waals surface area contributed by atoms with Crippen LogP contribution in [0.15, 0.2) is 12.1 Å². The van der Waals surface area contributed by atoms with Gasteiger partial charge < -0.3 is 10.1 Å². The molecule has 0 aliphatic heterocycles. The fourth-order valence-electron chi connectivity index (χ4n) is 2.10. The van der Waals surface area contributed by atoms with Crippen LogP contribution in [0.2, 0.25) is 0 Å². The Morgan fingerprint density at radius 1 is 1.33 bits per heavy atom. The molecule has 2 unspecified atom stereocenters. The number of thiophene rings is 1. The summed E-state index contributed by atoms with van der Waals surface area (Å²) in [5.74, 6) is 0.611. The zero-order valence-electron chi connectivity index (χ0n) is 12.2. The summed E-state index contributed by atoms with van der Waals surface area (Å²) < 4.78 is 5.20. The van der Waals surface area contributed by atoms with Crippen molar-refractivity contribution in [2.24, 2.45) is 5.92 Å². The van der Waals surface area contributed by atoms with Crippen LogP contribution in [-0.2, 0) is 11.2 Å². The number of hydrogen-bond donors (Lipinski definition) is 1. The SMILES string of the molecule is CCCNC(c1ccc(CC)s1)C(C)CCOC. The number of hydrogen-bond acceptors (Lipinski definition) is 3. The van der Waals surface area contributed by atoms with Gasteiger partial charge in [-0.05, 0) is 43.9 Å². The van der Waals surface area contributed by atoms with Gasteiger partial charge in [-0.25, -0.2) is 0 Å². The lowest BCUT2D eigenvalue weighted by atomic mass is 9.97. The Bertz CT molecular complexity index is 324. The van der Waals surface area contributed by atoms with Gasteiger partial charge in [0.1, 0.15) is 0 Å². The van der Waals surface area contributed by atoms with Crippen LogP contribution >= 0.6 is 11.3 Å². The maximum absolute atomic E-state index is 5.20. The van der Waals surface area contributed by atoms with E-state index < -0.39 is 0 Å². The first-order valence-electron chi connectivity index (χ1n) is 7.03. The first-order valence-corrected chi connectivity index (χ1v) is 7.85. The van der Waals surface area contributed by atoms with Crippen LogP contribution in [0.25, 0.3) is 0 Å². The third-order valence-corrected chi connectivity index (χ3v) is 4.61. The summed E-state index contributed by atoms with van der Waals surface area (Å²) in [5.41, 5.74) is 0. The van der Waals surface area contributed by atoms with Crippen molar-refractivity contribution < 1.29 is 4.74 Å². The monoisotopic (exact) mass is 269 g/mol. The van der Waals surface area contributed by atoms with Crippen LogP contribution in [0, 0.1) is 5.92 Å². The highest BCUT2D eigenvalue weighted by atomic mass is 32.1. The fourth-order valence-corrected chi connectivity index (χ4v) is 3.27. The zero-order valence-corrected chi connectivity index (χ0v) is 13.0. The minimum atomic E-state index is 0.477. The largest absolute Gasteiger partial charge is 0.385 e. The van der Waals surface area contributed by atoms with Gasteiger partial charge in [0.15, 0.2) is 0 Å². The van der Waals surface area contributed by atoms with Crippen LogP contribution in [-0.4, -0.2) is 20.3 Å². The molecule has 1 aromatic heterocycles. The number of rotatable bonds is 9. The van der Waals surface area contributed by atoms with Crippen molar-refractivity contribution in [3.63, 3.8) is 0 Å². The molecule has 2 nitrogen and oxygen atoms in total. The second kappa shape index (κ2) is 8.68. The molecule has 1 N–H and O–H groups in total. The second-order valence-corrected chi connectivity index (χ2v) is 6.05. The molecule has 0 saturated carbocycles. The molecule has 0 aromatic carbocycles. The average molecular weight is 269 g/mol. The Balaban J connectivity index is 2.69. The minimum absolute atomic E-state index is 0.477. The van der Waals surface area contributed by atoms with Crippen molar-refractivity contribution in [3.8, 4) is 0 Å². The van der Waals surface area contributed by atoms with Crippen molar-refractivity contribution in [1.29, 1.82) is 0 Å². The van der Waals surface area contributed by atoms with Gasteiger partial charge in [0.2, 0.25) is 0 Å². The average Bonchev–Trinajstić information content (AvgIpc) is 2.85. The summed E-state index contributed by atoms with van der Waals surface area (Å²) in [5, 5.41) is 3.69. The second-order valence-electron chi connectivity index (χ2n) is 4.85. The minimum Gasteiger partial charge on any atom is -0.385 e. The highest BCUT2D eigenvalue weighted by Crippen LogP contribution is 2.30. The summed E-state index contributed by atoms with van der Waals surface area (Å²) in [6.07, 6.45) is 3.42. The third kappa shape index (κ3) is 4.71. The number of nitrogens with one attached hydrogen (secondary N) is 1. The van der Waals surface area contributed by atoms with E-state index in [2.05, 4.69) is 38.2 Å². The molecule has 0 spiro atoms. The van der Waals surface area contributed by atoms with Crippen molar-refractivity contribution in [3.05, 3.63) is 21.9 Å². The molecule has 1 rings (SSSR count). The van der Waals surface area contributed by atoms with Gasteiger partial charge in [0.25, 0.3) is 0 Å². The maximum atomic E-state index is 5.20. The first-order chi connectivity index (χ1) is 8.72. The molecule has 0 aliphatic carbocycles. The van der Waals surface area contributed by atoms with Gasteiger partial charge in [-0.2, -0.15) is 0 Å². The van der Waals surface area contributed by atoms with E-state index in [0.717, 1.165) is 26.0 Å². The van der Waals surface area contributed by atoms with Crippen molar-refractivity contribution in [2.75, 3.05) is 20.3 Å². The molecule has 0 amide bonds. The summed E-state index contributed by atoms with van der Waals surface area (Å²) in [4.78, 5) is 2.95. The maximum Gasteiger partial charge on any atom is 0.0465 e. The van der Waals surface area contributed by atoms with E-state index in [1.807, 2.05) is 11.3 Å². The van der Waals surface area contributed by atoms with Gasteiger partial charge in [-0.3, -0.25) is 0 Å². The van der Waals surface area contributed by atoms with Crippen LogP contribution in [0.4, 0.5) is 0 Å². The molecular weight excluding hydrogens is 242 g/mol. The Morgan fingerprint density at radius 2 is 2.11 bits per heavy atom. The van der Waals surface area contributed by atoms with Crippen LogP contribution in [0.1, 0.15) is 49.4 Å². The van der Waals surface area contributed by atoms with Crippen molar-refractivity contribution in [2.45, 2.75) is 46.1 Å². The Kier molecular flexibility index (Phi) is 7.56. The van der Waals surface area contributed by atoms with Gasteiger partial charge in [-0.1, -0.05) is 20.8 Å². The van der Waals surface area contributed by atoms with Gasteiger partial charge in [0, 0.05) is 29.5 Å². The summed E-state index contributed by atoms with van der Waals surface area (Å²) in [6, 6.07) is 5.04. The van der Waals surface area contributed by atoms with E-state index in [-0.39, 0.29) is 0 Å². The molecule has 2 atom stereocenters. The van der Waals surface area contributed by atoms with Gasteiger partial charge >= 0.3 is 0 Å². The Labute approximate surface area is 116 Å². The Morgan fingerprint density at radius 3 is 2.67 bits per heavy atom. The summed E-state index contributed by atoms with van der Waals surface area (Å²) in [7, 11) is 1.78. The van der Waals surface area contributed by atoms with Gasteiger partial charge in [0.05, 0.1) is 0 Å². The van der Waals surface area contributed by atoms with Crippen LogP contribution < -0.4 is 5.32 Å². The zero-order chi connectivity index (χ0) is 13.4. The van der Waals surface area contributed by atoms with Crippen LogP contribution in [0.3, 0.4) is 0 Å². The number of aryl methyl sites for hydroxylation is 1. The van der Waals surface area contributed by atoms with E-state index in [4.69, 9.17) is 4.74 Å². The molecule has 0 fully saturated rings. The van der Waals surface area contributed by atoms with Crippen LogP contribution in [0.5, 0.6) is 0 Å². The lowest BCUT2D eigenvalue weighted by molar-refractivity contribution is 0.170. The molecule has 0 radical (unpaired) electrons. The summed E-state index contributed by atoms with van der Waals surface area (Å²) >= 11 is 1.95. The smallest absolute Gasteiger partial charge is 0.0465 e. The highest BCUT2D eigenvalue weighted by molar-refractivity contribution is 7.12. The lowest BCUT2D eigenvalue weighted by Crippen LogP contribution is -2.27. The van der Waals surface area contributed by atoms with E-state index in [9.17, 15) is 0 Å². The molecule has 104 valence electrons. The Hall–Kier alpha value is -0.380. The number of ether oxygens (including phenoxy) is 1. The molecule has 1 heterocycles. The fraction of sp³-hybridized carbons (Fsp3) is 0.733. The highest BCUT2D eigenvalue weighted by Gasteiger charge is 2.20. The quantitative estimate of drug-likeness (QED) is 0.731. The molecular formula is C15H27NOS. The van der Waals surface area contributed by atoms with Gasteiger partial charge in [-0.15, -0.1) is 11.3 Å². The van der Waals surface area contributed by atoms with Crippen molar-refractivity contribution in [1.82, 2.24) is 5.32 Å². The topological polar surface area (TPSA) is 21.3 Å².